The molecule has 168 valence electrons. The molecule has 0 radical (unpaired) electrons. The Morgan fingerprint density at radius 2 is 1.84 bits per heavy atom. The lowest BCUT2D eigenvalue weighted by Gasteiger charge is -2.18. The number of benzene rings is 2. The molecule has 0 atom stereocenters. The Labute approximate surface area is 187 Å². The van der Waals surface area contributed by atoms with Crippen molar-refractivity contribution < 1.29 is 32.2 Å². The van der Waals surface area contributed by atoms with Crippen LogP contribution in [0.25, 0.3) is 10.2 Å². The zero-order valence-electron chi connectivity index (χ0n) is 17.4. The molecule has 0 bridgehead atoms. The highest BCUT2D eigenvalue weighted by Gasteiger charge is 2.22. The van der Waals surface area contributed by atoms with Crippen molar-refractivity contribution in [2.24, 2.45) is 4.99 Å². The average Bonchev–Trinajstić information content (AvgIpc) is 3.12. The molecule has 2 heterocycles. The van der Waals surface area contributed by atoms with Crippen LogP contribution in [0, 0.1) is 0 Å². The van der Waals surface area contributed by atoms with Gasteiger partial charge in [-0.1, -0.05) is 30.4 Å². The van der Waals surface area contributed by atoms with Gasteiger partial charge in [-0.2, -0.15) is 4.99 Å². The van der Waals surface area contributed by atoms with E-state index >= 15 is 0 Å². The highest BCUT2D eigenvalue weighted by Crippen LogP contribution is 2.35. The molecule has 11 heteroatoms. The minimum atomic E-state index is -3.63. The summed E-state index contributed by atoms with van der Waals surface area (Å²) in [5, 5.41) is 0. The highest BCUT2D eigenvalue weighted by atomic mass is 32.2. The number of fused-ring (bicyclic) bond motifs is 2. The molecule has 0 N–H and O–H groups in total. The van der Waals surface area contributed by atoms with Crippen molar-refractivity contribution in [3.8, 4) is 11.5 Å². The predicted octanol–water partition coefficient (Wildman–Crippen LogP) is 2.18. The van der Waals surface area contributed by atoms with Crippen LogP contribution < -0.4 is 14.3 Å². The van der Waals surface area contributed by atoms with Crippen LogP contribution in [-0.4, -0.2) is 50.9 Å². The first-order chi connectivity index (χ1) is 15.3. The molecule has 2 aromatic carbocycles. The average molecular weight is 477 g/mol. The lowest BCUT2D eigenvalue weighted by molar-refractivity contribution is -0.141. The number of nitrogens with zero attached hydrogens (tertiary/aromatic N) is 2. The van der Waals surface area contributed by atoms with Crippen LogP contribution in [-0.2, 0) is 25.9 Å². The normalized spacial score (nSPS) is 13.9. The van der Waals surface area contributed by atoms with Gasteiger partial charge in [0.1, 0.15) is 19.8 Å². The summed E-state index contributed by atoms with van der Waals surface area (Å²) in [5.74, 6) is -0.305. The molecular weight excluding hydrogens is 456 g/mol. The second kappa shape index (κ2) is 8.75. The standard InChI is InChI=1S/C21H20N2O7S2/c1-3-32(26,27)18-7-5-4-6-13(18)20(25)22-21-23(12-19(24)28-2)14-10-15-16(11-17(14)31-21)30-9-8-29-15/h4-7,10-11H,3,8-9,12H2,1-2H3. The van der Waals surface area contributed by atoms with Gasteiger partial charge in [0.15, 0.2) is 26.1 Å². The van der Waals surface area contributed by atoms with Gasteiger partial charge in [-0.3, -0.25) is 9.59 Å². The number of aromatic nitrogens is 1. The van der Waals surface area contributed by atoms with E-state index in [1.54, 1.807) is 28.8 Å². The molecule has 9 nitrogen and oxygen atoms in total. The summed E-state index contributed by atoms with van der Waals surface area (Å²) in [4.78, 5) is 29.4. The van der Waals surface area contributed by atoms with Crippen molar-refractivity contribution >= 4 is 43.3 Å². The molecule has 4 rings (SSSR count). The Hall–Kier alpha value is -3.18. The van der Waals surface area contributed by atoms with Gasteiger partial charge in [0, 0.05) is 12.1 Å². The molecule has 0 fully saturated rings. The van der Waals surface area contributed by atoms with Gasteiger partial charge in [0.2, 0.25) is 0 Å². The summed E-state index contributed by atoms with van der Waals surface area (Å²) in [6.45, 7) is 2.15. The number of carbonyl (C=O) groups is 2. The van der Waals surface area contributed by atoms with Crippen LogP contribution in [0.5, 0.6) is 11.5 Å². The van der Waals surface area contributed by atoms with E-state index in [-0.39, 0.29) is 27.6 Å². The lowest BCUT2D eigenvalue weighted by Crippen LogP contribution is -2.23. The van der Waals surface area contributed by atoms with Crippen molar-refractivity contribution in [2.45, 2.75) is 18.4 Å². The molecule has 1 aliphatic rings. The largest absolute Gasteiger partial charge is 0.486 e. The van der Waals surface area contributed by atoms with Crippen LogP contribution in [0.2, 0.25) is 0 Å². The van der Waals surface area contributed by atoms with Crippen molar-refractivity contribution in [2.75, 3.05) is 26.1 Å². The smallest absolute Gasteiger partial charge is 0.325 e. The second-order valence-electron chi connectivity index (χ2n) is 6.83. The lowest BCUT2D eigenvalue weighted by atomic mass is 10.2. The topological polar surface area (TPSA) is 113 Å². The molecule has 1 aromatic heterocycles. The maximum Gasteiger partial charge on any atom is 0.325 e. The predicted molar refractivity (Wildman–Crippen MR) is 117 cm³/mol. The van der Waals surface area contributed by atoms with Crippen LogP contribution >= 0.6 is 11.3 Å². The van der Waals surface area contributed by atoms with Gasteiger partial charge in [-0.15, -0.1) is 0 Å². The number of carbonyl (C=O) groups excluding carboxylic acids is 2. The first-order valence-electron chi connectivity index (χ1n) is 9.74. The number of ether oxygens (including phenoxy) is 3. The summed E-state index contributed by atoms with van der Waals surface area (Å²) < 4.78 is 43.2. The zero-order chi connectivity index (χ0) is 22.9. The van der Waals surface area contributed by atoms with E-state index in [0.717, 1.165) is 4.70 Å². The Balaban J connectivity index is 1.89. The van der Waals surface area contributed by atoms with Crippen LogP contribution in [0.3, 0.4) is 0 Å². The quantitative estimate of drug-likeness (QED) is 0.519. The summed E-state index contributed by atoms with van der Waals surface area (Å²) in [6.07, 6.45) is 0. The Kier molecular flexibility index (Phi) is 6.02. The van der Waals surface area contributed by atoms with E-state index in [0.29, 0.717) is 30.2 Å². The van der Waals surface area contributed by atoms with Crippen molar-refractivity contribution in [3.63, 3.8) is 0 Å². The summed E-state index contributed by atoms with van der Waals surface area (Å²) in [5.41, 5.74) is 0.591. The van der Waals surface area contributed by atoms with Crippen LogP contribution in [0.15, 0.2) is 46.3 Å². The van der Waals surface area contributed by atoms with E-state index in [4.69, 9.17) is 14.2 Å². The molecular formula is C21H20N2O7S2. The fourth-order valence-electron chi connectivity index (χ4n) is 3.26. The first-order valence-corrected chi connectivity index (χ1v) is 12.2. The van der Waals surface area contributed by atoms with Crippen LogP contribution in [0.1, 0.15) is 17.3 Å². The van der Waals surface area contributed by atoms with E-state index in [1.165, 1.54) is 37.5 Å². The first kappa shape index (κ1) is 22.0. The highest BCUT2D eigenvalue weighted by molar-refractivity contribution is 7.91. The fraction of sp³-hybridized carbons (Fsp3) is 0.286. The zero-order valence-corrected chi connectivity index (χ0v) is 19.0. The Bertz CT molecular complexity index is 1390. The number of amides is 1. The molecule has 0 unspecified atom stereocenters. The molecule has 0 saturated carbocycles. The number of rotatable bonds is 5. The van der Waals surface area contributed by atoms with Crippen molar-refractivity contribution in [1.29, 1.82) is 0 Å². The summed E-state index contributed by atoms with van der Waals surface area (Å²) in [6, 6.07) is 9.43. The maximum absolute atomic E-state index is 13.0. The Morgan fingerprint density at radius 1 is 1.16 bits per heavy atom. The third kappa shape index (κ3) is 4.13. The minimum absolute atomic E-state index is 0.0256. The molecule has 3 aromatic rings. The minimum Gasteiger partial charge on any atom is -0.486 e. The monoisotopic (exact) mass is 476 g/mol. The van der Waals surface area contributed by atoms with Crippen molar-refractivity contribution in [1.82, 2.24) is 4.57 Å². The number of thiazole rings is 1. The Morgan fingerprint density at radius 3 is 2.53 bits per heavy atom. The molecule has 0 spiro atoms. The molecule has 32 heavy (non-hydrogen) atoms. The third-order valence-corrected chi connectivity index (χ3v) is 7.72. The third-order valence-electron chi connectivity index (χ3n) is 4.89. The summed E-state index contributed by atoms with van der Waals surface area (Å²) in [7, 11) is -2.36. The number of hydrogen-bond acceptors (Lipinski definition) is 8. The number of esters is 1. The van der Waals surface area contributed by atoms with Crippen LogP contribution in [0.4, 0.5) is 0 Å². The van der Waals surface area contributed by atoms with Gasteiger partial charge in [-0.25, -0.2) is 8.42 Å². The van der Waals surface area contributed by atoms with Gasteiger partial charge < -0.3 is 18.8 Å². The van der Waals surface area contributed by atoms with E-state index in [2.05, 4.69) is 4.99 Å². The SMILES string of the molecule is CCS(=O)(=O)c1ccccc1C(=O)N=c1sc2cc3c(cc2n1CC(=O)OC)OCCO3. The summed E-state index contributed by atoms with van der Waals surface area (Å²) >= 11 is 1.17. The molecule has 1 amide bonds. The molecule has 0 saturated heterocycles. The van der Waals surface area contributed by atoms with Crippen molar-refractivity contribution in [3.05, 3.63) is 46.8 Å². The van der Waals surface area contributed by atoms with E-state index in [9.17, 15) is 18.0 Å². The second-order valence-corrected chi connectivity index (χ2v) is 10.1. The fourth-order valence-corrected chi connectivity index (χ4v) is 5.38. The van der Waals surface area contributed by atoms with Gasteiger partial charge >= 0.3 is 5.97 Å². The number of methoxy groups -OCH3 is 1. The number of sulfone groups is 1. The molecule has 1 aliphatic heterocycles. The van der Waals surface area contributed by atoms with E-state index < -0.39 is 21.7 Å². The van der Waals surface area contributed by atoms with Gasteiger partial charge in [-0.05, 0) is 12.1 Å². The van der Waals surface area contributed by atoms with Gasteiger partial charge in [0.05, 0.1) is 33.5 Å². The number of hydrogen-bond donors (Lipinski definition) is 0. The molecule has 0 aliphatic carbocycles. The van der Waals surface area contributed by atoms with E-state index in [1.807, 2.05) is 0 Å². The maximum atomic E-state index is 13.0. The van der Waals surface area contributed by atoms with Gasteiger partial charge in [0.25, 0.3) is 5.91 Å².